The first-order chi connectivity index (χ1) is 9.33. The second-order valence-corrected chi connectivity index (χ2v) is 5.38. The number of nitrogens with zero attached hydrogens (tertiary/aromatic N) is 1. The van der Waals surface area contributed by atoms with Gasteiger partial charge in [0.2, 0.25) is 0 Å². The second kappa shape index (κ2) is 5.61. The molecule has 3 aliphatic rings. The molecule has 102 valence electrons. The molecule has 1 aromatic carbocycles. The standard InChI is InChI=1S/C15H20N2O2/c18-15(19-11-12-5-2-1-3-6-12)17-10-13-7-4-8-14(17)9-16-13/h1-3,5-6,13-14,16H,4,7-11H2. The highest BCUT2D eigenvalue weighted by molar-refractivity contribution is 5.68. The van der Waals surface area contributed by atoms with Gasteiger partial charge in [0.05, 0.1) is 0 Å². The van der Waals surface area contributed by atoms with E-state index in [0.717, 1.165) is 25.1 Å². The maximum Gasteiger partial charge on any atom is 0.410 e. The lowest BCUT2D eigenvalue weighted by molar-refractivity contribution is 0.0678. The third-order valence-corrected chi connectivity index (χ3v) is 4.03. The largest absolute Gasteiger partial charge is 0.445 e. The van der Waals surface area contributed by atoms with E-state index in [9.17, 15) is 4.79 Å². The highest BCUT2D eigenvalue weighted by Gasteiger charge is 2.34. The monoisotopic (exact) mass is 260 g/mol. The zero-order chi connectivity index (χ0) is 13.1. The lowest BCUT2D eigenvalue weighted by atomic mass is 10.1. The molecule has 4 rings (SSSR count). The fourth-order valence-corrected chi connectivity index (χ4v) is 2.94. The van der Waals surface area contributed by atoms with E-state index < -0.39 is 0 Å². The molecular formula is C15H20N2O2. The van der Waals surface area contributed by atoms with Crippen molar-refractivity contribution in [2.75, 3.05) is 13.1 Å². The van der Waals surface area contributed by atoms with Crippen molar-refractivity contribution in [3.05, 3.63) is 35.9 Å². The van der Waals surface area contributed by atoms with Gasteiger partial charge < -0.3 is 15.0 Å². The van der Waals surface area contributed by atoms with Crippen molar-refractivity contribution >= 4 is 6.09 Å². The van der Waals surface area contributed by atoms with Gasteiger partial charge in [0, 0.05) is 25.2 Å². The first kappa shape index (κ1) is 12.5. The van der Waals surface area contributed by atoms with Crippen LogP contribution in [0.1, 0.15) is 24.8 Å². The molecule has 0 spiro atoms. The predicted molar refractivity (Wildman–Crippen MR) is 72.8 cm³/mol. The van der Waals surface area contributed by atoms with Crippen molar-refractivity contribution in [1.82, 2.24) is 10.2 Å². The molecule has 4 nitrogen and oxygen atoms in total. The van der Waals surface area contributed by atoms with Crippen molar-refractivity contribution < 1.29 is 9.53 Å². The van der Waals surface area contributed by atoms with Crippen molar-refractivity contribution in [2.24, 2.45) is 0 Å². The van der Waals surface area contributed by atoms with E-state index in [1.807, 2.05) is 35.2 Å². The number of nitrogens with one attached hydrogen (secondary N) is 1. The Bertz CT molecular complexity index is 431. The Hall–Kier alpha value is -1.55. The third-order valence-electron chi connectivity index (χ3n) is 4.03. The number of hydrogen-bond acceptors (Lipinski definition) is 3. The number of piperazine rings is 1. The zero-order valence-corrected chi connectivity index (χ0v) is 11.0. The van der Waals surface area contributed by atoms with Crippen LogP contribution in [0.2, 0.25) is 0 Å². The van der Waals surface area contributed by atoms with Crippen LogP contribution in [0.15, 0.2) is 30.3 Å². The normalized spacial score (nSPS) is 26.0. The molecule has 1 amide bonds. The Balaban J connectivity index is 1.58. The van der Waals surface area contributed by atoms with Gasteiger partial charge in [-0.2, -0.15) is 0 Å². The first-order valence-electron chi connectivity index (χ1n) is 7.03. The Morgan fingerprint density at radius 1 is 1.32 bits per heavy atom. The maximum atomic E-state index is 12.2. The van der Waals surface area contributed by atoms with Crippen LogP contribution in [0.25, 0.3) is 0 Å². The van der Waals surface area contributed by atoms with Crippen LogP contribution in [0.5, 0.6) is 0 Å². The average molecular weight is 260 g/mol. The minimum atomic E-state index is -0.165. The predicted octanol–water partition coefficient (Wildman–Crippen LogP) is 2.15. The van der Waals surface area contributed by atoms with Crippen LogP contribution in [0.4, 0.5) is 4.79 Å². The second-order valence-electron chi connectivity index (χ2n) is 5.38. The minimum Gasteiger partial charge on any atom is -0.445 e. The molecular weight excluding hydrogens is 240 g/mol. The number of carbonyl (C=O) groups excluding carboxylic acids is 1. The number of benzene rings is 1. The maximum absolute atomic E-state index is 12.2. The molecule has 3 heterocycles. The van der Waals surface area contributed by atoms with Gasteiger partial charge in [0.25, 0.3) is 0 Å². The molecule has 0 aliphatic carbocycles. The van der Waals surface area contributed by atoms with E-state index in [-0.39, 0.29) is 6.09 Å². The van der Waals surface area contributed by atoms with Crippen LogP contribution in [0.3, 0.4) is 0 Å². The van der Waals surface area contributed by atoms with E-state index in [1.165, 1.54) is 12.8 Å². The lowest BCUT2D eigenvalue weighted by Gasteiger charge is -2.36. The summed E-state index contributed by atoms with van der Waals surface area (Å²) in [6.07, 6.45) is 3.29. The number of hydrogen-bond donors (Lipinski definition) is 1. The zero-order valence-electron chi connectivity index (χ0n) is 11.0. The summed E-state index contributed by atoms with van der Waals surface area (Å²) < 4.78 is 5.43. The SMILES string of the molecule is O=C(OCc1ccccc1)N1CC2CCCC1CN2. The van der Waals surface area contributed by atoms with E-state index in [0.29, 0.717) is 18.7 Å². The van der Waals surface area contributed by atoms with E-state index in [4.69, 9.17) is 4.74 Å². The van der Waals surface area contributed by atoms with Crippen LogP contribution in [-0.2, 0) is 11.3 Å². The van der Waals surface area contributed by atoms with Crippen molar-refractivity contribution in [3.63, 3.8) is 0 Å². The number of carbonyl (C=O) groups is 1. The smallest absolute Gasteiger partial charge is 0.410 e. The van der Waals surface area contributed by atoms with E-state index in [1.54, 1.807) is 0 Å². The van der Waals surface area contributed by atoms with Crippen molar-refractivity contribution in [3.8, 4) is 0 Å². The molecule has 19 heavy (non-hydrogen) atoms. The molecule has 0 saturated carbocycles. The summed E-state index contributed by atoms with van der Waals surface area (Å²) in [7, 11) is 0. The molecule has 1 aromatic rings. The van der Waals surface area contributed by atoms with Gasteiger partial charge in [0.15, 0.2) is 0 Å². The third kappa shape index (κ3) is 2.89. The molecule has 2 unspecified atom stereocenters. The molecule has 0 aromatic heterocycles. The topological polar surface area (TPSA) is 41.6 Å². The molecule has 2 atom stereocenters. The lowest BCUT2D eigenvalue weighted by Crippen LogP contribution is -2.56. The number of fused-ring (bicyclic) bond motifs is 4. The van der Waals surface area contributed by atoms with Gasteiger partial charge in [-0.15, -0.1) is 0 Å². The van der Waals surface area contributed by atoms with Gasteiger partial charge in [-0.25, -0.2) is 4.79 Å². The van der Waals surface area contributed by atoms with Gasteiger partial charge >= 0.3 is 6.09 Å². The first-order valence-corrected chi connectivity index (χ1v) is 7.03. The molecule has 3 fully saturated rings. The summed E-state index contributed by atoms with van der Waals surface area (Å²) in [6.45, 7) is 2.06. The van der Waals surface area contributed by atoms with E-state index >= 15 is 0 Å². The van der Waals surface area contributed by atoms with Gasteiger partial charge in [-0.05, 0) is 24.8 Å². The Labute approximate surface area is 113 Å². The summed E-state index contributed by atoms with van der Waals surface area (Å²) in [4.78, 5) is 14.1. The summed E-state index contributed by atoms with van der Waals surface area (Å²) in [6, 6.07) is 10.6. The van der Waals surface area contributed by atoms with Crippen LogP contribution >= 0.6 is 0 Å². The Kier molecular flexibility index (Phi) is 3.69. The van der Waals surface area contributed by atoms with Crippen molar-refractivity contribution in [2.45, 2.75) is 38.0 Å². The number of amides is 1. The molecule has 3 saturated heterocycles. The summed E-state index contributed by atoms with van der Waals surface area (Å²) >= 11 is 0. The number of rotatable bonds is 2. The molecule has 2 bridgehead atoms. The van der Waals surface area contributed by atoms with E-state index in [2.05, 4.69) is 5.32 Å². The van der Waals surface area contributed by atoms with Gasteiger partial charge in [0.1, 0.15) is 6.61 Å². The summed E-state index contributed by atoms with van der Waals surface area (Å²) in [5, 5.41) is 3.49. The van der Waals surface area contributed by atoms with Crippen LogP contribution in [-0.4, -0.2) is 36.2 Å². The average Bonchev–Trinajstić information content (AvgIpc) is 2.81. The van der Waals surface area contributed by atoms with Crippen LogP contribution < -0.4 is 5.32 Å². The summed E-state index contributed by atoms with van der Waals surface area (Å²) in [5.74, 6) is 0. The highest BCUT2D eigenvalue weighted by Crippen LogP contribution is 2.22. The van der Waals surface area contributed by atoms with Gasteiger partial charge in [-0.1, -0.05) is 30.3 Å². The quantitative estimate of drug-likeness (QED) is 0.886. The van der Waals surface area contributed by atoms with Crippen LogP contribution in [0, 0.1) is 0 Å². The molecule has 4 heteroatoms. The fraction of sp³-hybridized carbons (Fsp3) is 0.533. The van der Waals surface area contributed by atoms with Gasteiger partial charge in [-0.3, -0.25) is 0 Å². The Morgan fingerprint density at radius 3 is 3.00 bits per heavy atom. The summed E-state index contributed by atoms with van der Waals surface area (Å²) in [5.41, 5.74) is 1.04. The minimum absolute atomic E-state index is 0.165. The molecule has 1 N–H and O–H groups in total. The highest BCUT2D eigenvalue weighted by atomic mass is 16.6. The Morgan fingerprint density at radius 2 is 2.16 bits per heavy atom. The van der Waals surface area contributed by atoms with Crippen molar-refractivity contribution in [1.29, 1.82) is 0 Å². The fourth-order valence-electron chi connectivity index (χ4n) is 2.94. The molecule has 0 radical (unpaired) electrons. The molecule has 3 aliphatic heterocycles. The number of ether oxygens (including phenoxy) is 1.